The Kier molecular flexibility index (Phi) is 6.53. The van der Waals surface area contributed by atoms with Gasteiger partial charge in [-0.15, -0.1) is 0 Å². The van der Waals surface area contributed by atoms with Gasteiger partial charge in [0.05, 0.1) is 6.61 Å². The lowest BCUT2D eigenvalue weighted by molar-refractivity contribution is 0.0806. The number of methoxy groups -OCH3 is 1. The van der Waals surface area contributed by atoms with Crippen LogP contribution in [0.4, 0.5) is 4.39 Å². The van der Waals surface area contributed by atoms with Gasteiger partial charge in [-0.2, -0.15) is 0 Å². The molecule has 3 nitrogen and oxygen atoms in total. The number of halogens is 1. The van der Waals surface area contributed by atoms with E-state index in [1.807, 2.05) is 0 Å². The molecule has 0 aromatic heterocycles. The Hall–Kier alpha value is -1.13. The Labute approximate surface area is 95.1 Å². The lowest BCUT2D eigenvalue weighted by Crippen LogP contribution is -2.08. The topological polar surface area (TPSA) is 27.7 Å². The van der Waals surface area contributed by atoms with Crippen LogP contribution in [0.5, 0.6) is 5.75 Å². The van der Waals surface area contributed by atoms with Crippen LogP contribution in [0.3, 0.4) is 0 Å². The second-order valence-electron chi connectivity index (χ2n) is 3.26. The minimum atomic E-state index is -0.261. The van der Waals surface area contributed by atoms with E-state index in [9.17, 15) is 4.39 Å². The predicted octanol–water partition coefficient (Wildman–Crippen LogP) is 2.26. The van der Waals surface area contributed by atoms with Crippen molar-refractivity contribution >= 4 is 0 Å². The first-order chi connectivity index (χ1) is 7.83. The Morgan fingerprint density at radius 2 is 1.75 bits per heavy atom. The van der Waals surface area contributed by atoms with Gasteiger partial charge in [-0.3, -0.25) is 0 Å². The van der Waals surface area contributed by atoms with E-state index >= 15 is 0 Å². The van der Waals surface area contributed by atoms with Crippen LogP contribution in [0.1, 0.15) is 6.42 Å². The molecule has 1 aromatic carbocycles. The van der Waals surface area contributed by atoms with Gasteiger partial charge in [0.25, 0.3) is 0 Å². The maximum Gasteiger partial charge on any atom is 0.123 e. The molecule has 0 heterocycles. The lowest BCUT2D eigenvalue weighted by atomic mass is 10.3. The number of hydrogen-bond acceptors (Lipinski definition) is 3. The van der Waals surface area contributed by atoms with Gasteiger partial charge < -0.3 is 14.2 Å². The molecule has 0 N–H and O–H groups in total. The fraction of sp³-hybridized carbons (Fsp3) is 0.500. The van der Waals surface area contributed by atoms with E-state index in [2.05, 4.69) is 0 Å². The molecule has 0 atom stereocenters. The molecule has 0 aliphatic rings. The molecule has 0 spiro atoms. The largest absolute Gasteiger partial charge is 0.491 e. The Morgan fingerprint density at radius 1 is 1.00 bits per heavy atom. The van der Waals surface area contributed by atoms with Gasteiger partial charge in [-0.1, -0.05) is 0 Å². The Morgan fingerprint density at radius 3 is 2.44 bits per heavy atom. The molecule has 1 aromatic rings. The minimum Gasteiger partial charge on any atom is -0.491 e. The summed E-state index contributed by atoms with van der Waals surface area (Å²) >= 11 is 0. The highest BCUT2D eigenvalue weighted by molar-refractivity contribution is 5.21. The standard InChI is InChI=1S/C12H17FO3/c1-14-7-2-8-15-9-10-16-12-5-3-11(13)4-6-12/h3-6H,2,7-10H2,1H3. The maximum atomic E-state index is 12.6. The van der Waals surface area contributed by atoms with E-state index in [-0.39, 0.29) is 5.82 Å². The molecule has 0 saturated carbocycles. The zero-order valence-electron chi connectivity index (χ0n) is 9.45. The molecule has 0 radical (unpaired) electrons. The van der Waals surface area contributed by atoms with Gasteiger partial charge in [0.2, 0.25) is 0 Å². The molecular weight excluding hydrogens is 211 g/mol. The number of hydrogen-bond donors (Lipinski definition) is 0. The molecule has 1 rings (SSSR count). The number of ether oxygens (including phenoxy) is 3. The molecule has 16 heavy (non-hydrogen) atoms. The van der Waals surface area contributed by atoms with Crippen molar-refractivity contribution in [1.82, 2.24) is 0 Å². The molecule has 4 heteroatoms. The van der Waals surface area contributed by atoms with Crippen LogP contribution in [0.25, 0.3) is 0 Å². The van der Waals surface area contributed by atoms with E-state index in [1.54, 1.807) is 19.2 Å². The van der Waals surface area contributed by atoms with Gasteiger partial charge in [-0.05, 0) is 30.7 Å². The van der Waals surface area contributed by atoms with E-state index < -0.39 is 0 Å². The predicted molar refractivity (Wildman–Crippen MR) is 59.2 cm³/mol. The van der Waals surface area contributed by atoms with Crippen molar-refractivity contribution in [3.63, 3.8) is 0 Å². The summed E-state index contributed by atoms with van der Waals surface area (Å²) in [5.41, 5.74) is 0. The van der Waals surface area contributed by atoms with Crippen LogP contribution in [-0.2, 0) is 9.47 Å². The summed E-state index contributed by atoms with van der Waals surface area (Å²) in [5, 5.41) is 0. The molecular formula is C12H17FO3. The zero-order chi connectivity index (χ0) is 11.6. The lowest BCUT2D eigenvalue weighted by Gasteiger charge is -2.06. The van der Waals surface area contributed by atoms with Crippen molar-refractivity contribution in [1.29, 1.82) is 0 Å². The average Bonchev–Trinajstić information content (AvgIpc) is 2.30. The number of rotatable bonds is 8. The third kappa shape index (κ3) is 5.68. The first-order valence-corrected chi connectivity index (χ1v) is 5.28. The zero-order valence-corrected chi connectivity index (χ0v) is 9.45. The fourth-order valence-electron chi connectivity index (χ4n) is 1.16. The highest BCUT2D eigenvalue weighted by Gasteiger charge is 1.94. The van der Waals surface area contributed by atoms with E-state index in [1.165, 1.54) is 12.1 Å². The quantitative estimate of drug-likeness (QED) is 0.639. The summed E-state index contributed by atoms with van der Waals surface area (Å²) < 4.78 is 28.1. The summed E-state index contributed by atoms with van der Waals surface area (Å²) in [5.74, 6) is 0.394. The molecule has 0 aliphatic carbocycles. The van der Waals surface area contributed by atoms with E-state index in [0.29, 0.717) is 32.2 Å². The minimum absolute atomic E-state index is 0.261. The Bertz CT molecular complexity index is 274. The van der Waals surface area contributed by atoms with Gasteiger partial charge >= 0.3 is 0 Å². The van der Waals surface area contributed by atoms with Crippen molar-refractivity contribution in [2.45, 2.75) is 6.42 Å². The molecule has 0 aliphatic heterocycles. The summed E-state index contributed by atoms with van der Waals surface area (Å²) in [6, 6.07) is 5.93. The van der Waals surface area contributed by atoms with Crippen LogP contribution < -0.4 is 4.74 Å². The molecule has 0 saturated heterocycles. The van der Waals surface area contributed by atoms with Crippen LogP contribution in [0, 0.1) is 5.82 Å². The monoisotopic (exact) mass is 228 g/mol. The van der Waals surface area contributed by atoms with Gasteiger partial charge in [0, 0.05) is 20.3 Å². The van der Waals surface area contributed by atoms with Crippen molar-refractivity contribution < 1.29 is 18.6 Å². The average molecular weight is 228 g/mol. The van der Waals surface area contributed by atoms with Crippen molar-refractivity contribution in [3.8, 4) is 5.75 Å². The molecule has 0 unspecified atom stereocenters. The third-order valence-electron chi connectivity index (χ3n) is 1.95. The highest BCUT2D eigenvalue weighted by Crippen LogP contribution is 2.10. The normalized spacial score (nSPS) is 10.4. The van der Waals surface area contributed by atoms with Gasteiger partial charge in [-0.25, -0.2) is 4.39 Å². The summed E-state index contributed by atoms with van der Waals surface area (Å²) in [7, 11) is 1.66. The fourth-order valence-corrected chi connectivity index (χ4v) is 1.16. The van der Waals surface area contributed by atoms with Gasteiger partial charge in [0.15, 0.2) is 0 Å². The van der Waals surface area contributed by atoms with Crippen LogP contribution >= 0.6 is 0 Å². The van der Waals surface area contributed by atoms with Crippen molar-refractivity contribution in [2.75, 3.05) is 33.5 Å². The van der Waals surface area contributed by atoms with E-state index in [0.717, 1.165) is 6.42 Å². The smallest absolute Gasteiger partial charge is 0.123 e. The van der Waals surface area contributed by atoms with E-state index in [4.69, 9.17) is 14.2 Å². The van der Waals surface area contributed by atoms with Crippen molar-refractivity contribution in [2.24, 2.45) is 0 Å². The van der Waals surface area contributed by atoms with Gasteiger partial charge in [0.1, 0.15) is 18.2 Å². The molecule has 0 amide bonds. The third-order valence-corrected chi connectivity index (χ3v) is 1.95. The number of benzene rings is 1. The van der Waals surface area contributed by atoms with Crippen LogP contribution in [0.2, 0.25) is 0 Å². The summed E-state index contributed by atoms with van der Waals surface area (Å²) in [6.07, 6.45) is 0.882. The molecule has 0 fully saturated rings. The summed E-state index contributed by atoms with van der Waals surface area (Å²) in [4.78, 5) is 0. The maximum absolute atomic E-state index is 12.6. The first-order valence-electron chi connectivity index (χ1n) is 5.28. The Balaban J connectivity index is 2.01. The second-order valence-corrected chi connectivity index (χ2v) is 3.26. The van der Waals surface area contributed by atoms with Crippen LogP contribution in [-0.4, -0.2) is 33.5 Å². The van der Waals surface area contributed by atoms with Crippen LogP contribution in [0.15, 0.2) is 24.3 Å². The molecule has 0 bridgehead atoms. The van der Waals surface area contributed by atoms with Crippen molar-refractivity contribution in [3.05, 3.63) is 30.1 Å². The molecule has 90 valence electrons. The summed E-state index contributed by atoms with van der Waals surface area (Å²) in [6.45, 7) is 2.37. The first kappa shape index (κ1) is 12.9. The second kappa shape index (κ2) is 8.07. The SMILES string of the molecule is COCCCOCCOc1ccc(F)cc1. The highest BCUT2D eigenvalue weighted by atomic mass is 19.1.